The predicted octanol–water partition coefficient (Wildman–Crippen LogP) is 2.23. The Balaban J connectivity index is 2.23. The van der Waals surface area contributed by atoms with Crippen LogP contribution in [0.2, 0.25) is 0 Å². The number of hydrogen-bond donors (Lipinski definition) is 2. The van der Waals surface area contributed by atoms with E-state index < -0.39 is 0 Å². The van der Waals surface area contributed by atoms with Crippen LogP contribution in [0.1, 0.15) is 10.5 Å². The van der Waals surface area contributed by atoms with Crippen molar-refractivity contribution in [3.8, 4) is 0 Å². The normalized spacial score (nSPS) is 9.94. The highest BCUT2D eigenvalue weighted by Crippen LogP contribution is 2.17. The molecule has 0 atom stereocenters. The molecule has 1 aromatic heterocycles. The number of para-hydroxylation sites is 1. The number of aromatic amines is 1. The first-order valence-electron chi connectivity index (χ1n) is 4.92. The Labute approximate surface area is 111 Å². The fourth-order valence-electron chi connectivity index (χ4n) is 1.33. The zero-order chi connectivity index (χ0) is 12.3. The minimum atomic E-state index is -0.327. The van der Waals surface area contributed by atoms with Crippen molar-refractivity contribution in [3.63, 3.8) is 0 Å². The lowest BCUT2D eigenvalue weighted by molar-refractivity contribution is 0.102. The molecule has 0 saturated heterocycles. The molecular weight excluding hydrogens is 331 g/mol. The van der Waals surface area contributed by atoms with Crippen LogP contribution >= 0.6 is 22.6 Å². The van der Waals surface area contributed by atoms with Gasteiger partial charge in [-0.15, -0.1) is 0 Å². The zero-order valence-electron chi connectivity index (χ0n) is 8.74. The second-order valence-electron chi connectivity index (χ2n) is 3.36. The number of rotatable bonds is 2. The summed E-state index contributed by atoms with van der Waals surface area (Å²) in [5.74, 6) is -0.327. The summed E-state index contributed by atoms with van der Waals surface area (Å²) in [7, 11) is 0. The van der Waals surface area contributed by atoms with E-state index in [4.69, 9.17) is 0 Å². The van der Waals surface area contributed by atoms with Crippen molar-refractivity contribution in [2.75, 3.05) is 5.32 Å². The first kappa shape index (κ1) is 11.8. The minimum absolute atomic E-state index is 0.247. The highest BCUT2D eigenvalue weighted by atomic mass is 127. The van der Waals surface area contributed by atoms with Crippen LogP contribution in [-0.2, 0) is 0 Å². The van der Waals surface area contributed by atoms with Crippen LogP contribution in [0.15, 0.2) is 47.3 Å². The van der Waals surface area contributed by atoms with Crippen molar-refractivity contribution in [3.05, 3.63) is 62.1 Å². The average molecular weight is 340 g/mol. The Hall–Kier alpha value is -1.63. The third-order valence-corrected chi connectivity index (χ3v) is 3.08. The Bertz CT molecular complexity index is 607. The number of benzene rings is 1. The van der Waals surface area contributed by atoms with Gasteiger partial charge in [0.05, 0.1) is 5.69 Å². The SMILES string of the molecule is O=C(Nc1ccccc1I)c1cccc(=O)[nH]1. The molecule has 0 aliphatic heterocycles. The summed E-state index contributed by atoms with van der Waals surface area (Å²) in [5.41, 5.74) is 0.681. The monoisotopic (exact) mass is 340 g/mol. The van der Waals surface area contributed by atoms with Gasteiger partial charge in [0, 0.05) is 9.64 Å². The van der Waals surface area contributed by atoms with Gasteiger partial charge in [0.25, 0.3) is 5.91 Å². The van der Waals surface area contributed by atoms with Gasteiger partial charge in [0.15, 0.2) is 0 Å². The van der Waals surface area contributed by atoms with Gasteiger partial charge in [-0.25, -0.2) is 0 Å². The van der Waals surface area contributed by atoms with Gasteiger partial charge >= 0.3 is 0 Å². The van der Waals surface area contributed by atoms with E-state index in [2.05, 4.69) is 32.9 Å². The highest BCUT2D eigenvalue weighted by Gasteiger charge is 2.07. The van der Waals surface area contributed by atoms with Crippen LogP contribution < -0.4 is 10.9 Å². The molecule has 0 unspecified atom stereocenters. The molecular formula is C12H9IN2O2. The van der Waals surface area contributed by atoms with Crippen LogP contribution in [0.5, 0.6) is 0 Å². The quantitative estimate of drug-likeness (QED) is 0.824. The molecule has 86 valence electrons. The zero-order valence-corrected chi connectivity index (χ0v) is 10.9. The van der Waals surface area contributed by atoms with Crippen molar-refractivity contribution in [1.29, 1.82) is 0 Å². The highest BCUT2D eigenvalue weighted by molar-refractivity contribution is 14.1. The number of pyridine rings is 1. The molecule has 17 heavy (non-hydrogen) atoms. The smallest absolute Gasteiger partial charge is 0.272 e. The summed E-state index contributed by atoms with van der Waals surface area (Å²) in [4.78, 5) is 25.4. The van der Waals surface area contributed by atoms with Crippen molar-refractivity contribution >= 4 is 34.2 Å². The number of carbonyl (C=O) groups excluding carboxylic acids is 1. The van der Waals surface area contributed by atoms with Gasteiger partial charge in [0.1, 0.15) is 5.69 Å². The molecule has 0 bridgehead atoms. The lowest BCUT2D eigenvalue weighted by Gasteiger charge is -2.06. The van der Waals surface area contributed by atoms with Crippen molar-refractivity contribution in [2.45, 2.75) is 0 Å². The minimum Gasteiger partial charge on any atom is -0.320 e. The maximum atomic E-state index is 11.8. The van der Waals surface area contributed by atoms with Crippen LogP contribution in [0.25, 0.3) is 0 Å². The standard InChI is InChI=1S/C12H9IN2O2/c13-8-4-1-2-5-9(8)15-12(17)10-6-3-7-11(16)14-10/h1-7H,(H,14,16)(H,15,17). The van der Waals surface area contributed by atoms with Gasteiger partial charge in [-0.3, -0.25) is 9.59 Å². The predicted molar refractivity (Wildman–Crippen MR) is 74.2 cm³/mol. The Morgan fingerprint density at radius 2 is 1.88 bits per heavy atom. The first-order valence-corrected chi connectivity index (χ1v) is 6.00. The molecule has 0 spiro atoms. The molecule has 0 aliphatic rings. The van der Waals surface area contributed by atoms with Gasteiger partial charge < -0.3 is 10.3 Å². The first-order chi connectivity index (χ1) is 8.16. The van der Waals surface area contributed by atoms with Gasteiger partial charge in [-0.05, 0) is 40.8 Å². The van der Waals surface area contributed by atoms with E-state index in [0.717, 1.165) is 9.26 Å². The lowest BCUT2D eigenvalue weighted by atomic mass is 10.3. The third kappa shape index (κ3) is 2.94. The molecule has 0 saturated carbocycles. The van der Waals surface area contributed by atoms with Crippen LogP contribution in [0, 0.1) is 3.57 Å². The van der Waals surface area contributed by atoms with E-state index in [1.54, 1.807) is 18.2 Å². The largest absolute Gasteiger partial charge is 0.320 e. The Morgan fingerprint density at radius 3 is 2.59 bits per heavy atom. The number of amides is 1. The second-order valence-corrected chi connectivity index (χ2v) is 4.52. The molecule has 2 rings (SSSR count). The number of hydrogen-bond acceptors (Lipinski definition) is 2. The topological polar surface area (TPSA) is 62.0 Å². The van der Waals surface area contributed by atoms with Gasteiger partial charge in [-0.2, -0.15) is 0 Å². The number of H-pyrrole nitrogens is 1. The number of aromatic nitrogens is 1. The molecule has 5 heteroatoms. The number of anilines is 1. The van der Waals surface area contributed by atoms with Crippen LogP contribution in [0.4, 0.5) is 5.69 Å². The fourth-order valence-corrected chi connectivity index (χ4v) is 1.85. The van der Waals surface area contributed by atoms with E-state index in [-0.39, 0.29) is 17.2 Å². The molecule has 0 aliphatic carbocycles. The summed E-state index contributed by atoms with van der Waals surface area (Å²) < 4.78 is 0.941. The molecule has 1 amide bonds. The van der Waals surface area contributed by atoms with Crippen LogP contribution in [-0.4, -0.2) is 10.9 Å². The maximum absolute atomic E-state index is 11.8. The molecule has 2 aromatic rings. The van der Waals surface area contributed by atoms with Gasteiger partial charge in [0.2, 0.25) is 5.56 Å². The Morgan fingerprint density at radius 1 is 1.12 bits per heavy atom. The molecule has 1 heterocycles. The maximum Gasteiger partial charge on any atom is 0.272 e. The molecule has 0 fully saturated rings. The van der Waals surface area contributed by atoms with Crippen LogP contribution in [0.3, 0.4) is 0 Å². The van der Waals surface area contributed by atoms with E-state index in [9.17, 15) is 9.59 Å². The lowest BCUT2D eigenvalue weighted by Crippen LogP contribution is -2.18. The molecule has 4 nitrogen and oxygen atoms in total. The van der Waals surface area contributed by atoms with E-state index >= 15 is 0 Å². The summed E-state index contributed by atoms with van der Waals surface area (Å²) >= 11 is 2.13. The number of nitrogens with one attached hydrogen (secondary N) is 2. The van der Waals surface area contributed by atoms with Crippen molar-refractivity contribution in [1.82, 2.24) is 4.98 Å². The summed E-state index contributed by atoms with van der Waals surface area (Å²) in [6.45, 7) is 0. The summed E-state index contributed by atoms with van der Waals surface area (Å²) in [5, 5.41) is 2.74. The second kappa shape index (κ2) is 5.13. The molecule has 1 aromatic carbocycles. The van der Waals surface area contributed by atoms with E-state index in [0.29, 0.717) is 0 Å². The number of carbonyl (C=O) groups is 1. The average Bonchev–Trinajstić information content (AvgIpc) is 2.32. The molecule has 0 radical (unpaired) electrons. The number of halogens is 1. The third-order valence-electron chi connectivity index (χ3n) is 2.14. The van der Waals surface area contributed by atoms with E-state index in [1.807, 2.05) is 18.2 Å². The van der Waals surface area contributed by atoms with Crippen molar-refractivity contribution in [2.24, 2.45) is 0 Å². The van der Waals surface area contributed by atoms with Crippen molar-refractivity contribution < 1.29 is 4.79 Å². The van der Waals surface area contributed by atoms with E-state index in [1.165, 1.54) is 6.07 Å². The fraction of sp³-hybridized carbons (Fsp3) is 0. The Kier molecular flexibility index (Phi) is 3.58. The molecule has 2 N–H and O–H groups in total. The van der Waals surface area contributed by atoms with Gasteiger partial charge in [-0.1, -0.05) is 18.2 Å². The summed E-state index contributed by atoms with van der Waals surface area (Å²) in [6.07, 6.45) is 0. The summed E-state index contributed by atoms with van der Waals surface area (Å²) in [6, 6.07) is 11.9.